The van der Waals surface area contributed by atoms with Crippen LogP contribution in [0.3, 0.4) is 0 Å². The first-order valence-electron chi connectivity index (χ1n) is 2.23. The van der Waals surface area contributed by atoms with Gasteiger partial charge in [0, 0.05) is 5.75 Å². The van der Waals surface area contributed by atoms with E-state index < -0.39 is 5.44 Å². The highest BCUT2D eigenvalue weighted by molar-refractivity contribution is 7.80. The van der Waals surface area contributed by atoms with Crippen molar-refractivity contribution in [2.75, 3.05) is 12.4 Å². The van der Waals surface area contributed by atoms with E-state index in [-0.39, 0.29) is 6.61 Å². The molecule has 0 aromatic carbocycles. The average molecular weight is 156 g/mol. The molecule has 0 fully saturated rings. The van der Waals surface area contributed by atoms with Gasteiger partial charge in [-0.05, 0) is 6.92 Å². The fraction of sp³-hybridized carbons (Fsp3) is 1.00. The fourth-order valence-corrected chi connectivity index (χ4v) is 0. The van der Waals surface area contributed by atoms with Crippen molar-refractivity contribution in [2.24, 2.45) is 0 Å². The van der Waals surface area contributed by atoms with Gasteiger partial charge >= 0.3 is 0 Å². The second kappa shape index (κ2) is 10.6. The van der Waals surface area contributed by atoms with Crippen LogP contribution in [-0.4, -0.2) is 28.0 Å². The Labute approximate surface area is 60.7 Å². The van der Waals surface area contributed by atoms with E-state index >= 15 is 0 Å². The average Bonchev–Trinajstić information content (AvgIpc) is 1.65. The topological polar surface area (TPSA) is 40.5 Å². The highest BCUT2D eigenvalue weighted by Crippen LogP contribution is 1.78. The molecular weight excluding hydrogens is 144 g/mol. The Bertz CT molecular complexity index is 28.5. The molecule has 8 heavy (non-hydrogen) atoms. The van der Waals surface area contributed by atoms with Crippen LogP contribution in [0.2, 0.25) is 0 Å². The van der Waals surface area contributed by atoms with Crippen molar-refractivity contribution >= 4 is 25.3 Å². The van der Waals surface area contributed by atoms with Gasteiger partial charge in [-0.1, -0.05) is 0 Å². The maximum Gasteiger partial charge on any atom is 0.0936 e. The molecule has 0 bridgehead atoms. The molecule has 0 rings (SSSR count). The van der Waals surface area contributed by atoms with E-state index in [4.69, 9.17) is 10.2 Å². The van der Waals surface area contributed by atoms with Gasteiger partial charge in [-0.3, -0.25) is 0 Å². The summed E-state index contributed by atoms with van der Waals surface area (Å²) in [7, 11) is 0. The molecule has 0 unspecified atom stereocenters. The second-order valence-electron chi connectivity index (χ2n) is 1.08. The number of rotatable bonds is 1. The van der Waals surface area contributed by atoms with Crippen molar-refractivity contribution in [1.82, 2.24) is 0 Å². The van der Waals surface area contributed by atoms with Crippen LogP contribution in [0.4, 0.5) is 0 Å². The van der Waals surface area contributed by atoms with E-state index in [1.165, 1.54) is 0 Å². The zero-order valence-corrected chi connectivity index (χ0v) is 6.57. The maximum atomic E-state index is 7.92. The van der Waals surface area contributed by atoms with Crippen LogP contribution >= 0.6 is 25.3 Å². The van der Waals surface area contributed by atoms with Gasteiger partial charge in [-0.2, -0.15) is 12.6 Å². The van der Waals surface area contributed by atoms with Crippen molar-refractivity contribution < 1.29 is 10.2 Å². The molecule has 0 saturated carbocycles. The lowest BCUT2D eigenvalue weighted by Crippen LogP contribution is -1.79. The van der Waals surface area contributed by atoms with Crippen molar-refractivity contribution in [1.29, 1.82) is 0 Å². The largest absolute Gasteiger partial charge is 0.396 e. The summed E-state index contributed by atoms with van der Waals surface area (Å²) in [5.74, 6) is 0.569. The summed E-state index contributed by atoms with van der Waals surface area (Å²) >= 11 is 7.19. The molecule has 2 nitrogen and oxygen atoms in total. The Hall–Kier alpha value is 0.620. The molecular formula is C4H12O2S2. The fourth-order valence-electron chi connectivity index (χ4n) is 0. The van der Waals surface area contributed by atoms with Crippen molar-refractivity contribution in [3.63, 3.8) is 0 Å². The van der Waals surface area contributed by atoms with Crippen LogP contribution in [0.5, 0.6) is 0 Å². The Balaban J connectivity index is 0. The van der Waals surface area contributed by atoms with Crippen LogP contribution < -0.4 is 0 Å². The molecule has 2 N–H and O–H groups in total. The summed E-state index contributed by atoms with van der Waals surface area (Å²) in [5.41, 5.74) is -0.472. The minimum absolute atomic E-state index is 0.184. The van der Waals surface area contributed by atoms with Gasteiger partial charge in [0.25, 0.3) is 0 Å². The Morgan fingerprint density at radius 2 is 1.75 bits per heavy atom. The van der Waals surface area contributed by atoms with Crippen molar-refractivity contribution in [3.05, 3.63) is 0 Å². The van der Waals surface area contributed by atoms with Crippen LogP contribution in [0.1, 0.15) is 6.92 Å². The van der Waals surface area contributed by atoms with Gasteiger partial charge < -0.3 is 10.2 Å². The van der Waals surface area contributed by atoms with E-state index in [0.29, 0.717) is 5.75 Å². The summed E-state index contributed by atoms with van der Waals surface area (Å²) in [6, 6.07) is 0. The van der Waals surface area contributed by atoms with E-state index in [0.717, 1.165) is 0 Å². The quantitative estimate of drug-likeness (QED) is 0.323. The smallest absolute Gasteiger partial charge is 0.0936 e. The molecule has 0 aliphatic rings. The molecule has 0 spiro atoms. The first-order valence-corrected chi connectivity index (χ1v) is 3.38. The Morgan fingerprint density at radius 3 is 1.75 bits per heavy atom. The van der Waals surface area contributed by atoms with Crippen LogP contribution in [-0.2, 0) is 0 Å². The second-order valence-corrected chi connectivity index (χ2v) is 2.27. The zero-order chi connectivity index (χ0) is 6.99. The standard InChI is InChI=1S/2C2H6OS/c1-2(3)4;3-1-2-4/h2-4H,1H3;3-4H,1-2H2/t2-;/m1./s1. The first kappa shape index (κ1) is 11.4. The lowest BCUT2D eigenvalue weighted by atomic mass is 10.9. The molecule has 1 atom stereocenters. The van der Waals surface area contributed by atoms with E-state index in [1.54, 1.807) is 6.92 Å². The molecule has 0 radical (unpaired) electrons. The monoisotopic (exact) mass is 156 g/mol. The summed E-state index contributed by atoms with van der Waals surface area (Å²) in [6.07, 6.45) is 0. The van der Waals surface area contributed by atoms with Gasteiger partial charge in [0.1, 0.15) is 0 Å². The first-order chi connectivity index (χ1) is 3.65. The minimum atomic E-state index is -0.472. The highest BCUT2D eigenvalue weighted by atomic mass is 32.1. The summed E-state index contributed by atoms with van der Waals surface area (Å²) in [6.45, 7) is 1.77. The third-order valence-electron chi connectivity index (χ3n) is 0.1000. The summed E-state index contributed by atoms with van der Waals surface area (Å²) < 4.78 is 0. The van der Waals surface area contributed by atoms with E-state index in [2.05, 4.69) is 25.3 Å². The molecule has 0 aromatic heterocycles. The van der Waals surface area contributed by atoms with Crippen molar-refractivity contribution in [2.45, 2.75) is 12.4 Å². The molecule has 0 heterocycles. The molecule has 0 aliphatic carbocycles. The summed E-state index contributed by atoms with van der Waals surface area (Å²) in [4.78, 5) is 0. The van der Waals surface area contributed by atoms with Crippen LogP contribution in [0, 0.1) is 0 Å². The van der Waals surface area contributed by atoms with Crippen molar-refractivity contribution in [3.8, 4) is 0 Å². The van der Waals surface area contributed by atoms with E-state index in [1.807, 2.05) is 0 Å². The molecule has 0 saturated heterocycles. The van der Waals surface area contributed by atoms with E-state index in [9.17, 15) is 0 Å². The number of aliphatic hydroxyl groups is 2. The maximum absolute atomic E-state index is 7.92. The normalized spacial score (nSPS) is 11.6. The van der Waals surface area contributed by atoms with Gasteiger partial charge in [-0.25, -0.2) is 0 Å². The van der Waals surface area contributed by atoms with Crippen LogP contribution in [0.25, 0.3) is 0 Å². The van der Waals surface area contributed by atoms with Gasteiger partial charge in [0.2, 0.25) is 0 Å². The van der Waals surface area contributed by atoms with Gasteiger partial charge in [-0.15, -0.1) is 12.6 Å². The SMILES string of the molecule is C[C@H](O)S.OCCS. The summed E-state index contributed by atoms with van der Waals surface area (Å²) in [5, 5.41) is 15.7. The predicted octanol–water partition coefficient (Wildman–Crippen LogP) is 0.163. The molecule has 0 aliphatic heterocycles. The molecule has 0 aromatic rings. The third kappa shape index (κ3) is 79.7. The van der Waals surface area contributed by atoms with Gasteiger partial charge in [0.15, 0.2) is 0 Å². The predicted molar refractivity (Wildman–Crippen MR) is 41.6 cm³/mol. The minimum Gasteiger partial charge on any atom is -0.396 e. The molecule has 0 amide bonds. The lowest BCUT2D eigenvalue weighted by molar-refractivity contribution is 0.286. The zero-order valence-electron chi connectivity index (χ0n) is 4.78. The molecule has 4 heteroatoms. The third-order valence-corrected chi connectivity index (χ3v) is 0.300. The Kier molecular flexibility index (Phi) is 15.1. The van der Waals surface area contributed by atoms with Crippen LogP contribution in [0.15, 0.2) is 0 Å². The lowest BCUT2D eigenvalue weighted by Gasteiger charge is -1.79. The number of hydrogen-bond acceptors (Lipinski definition) is 4. The number of thiol groups is 2. The molecule has 52 valence electrons. The highest BCUT2D eigenvalue weighted by Gasteiger charge is 1.70. The van der Waals surface area contributed by atoms with Gasteiger partial charge in [0.05, 0.1) is 12.0 Å². The number of hydrogen-bond donors (Lipinski definition) is 4. The number of aliphatic hydroxyl groups excluding tert-OH is 2. The Morgan fingerprint density at radius 1 is 1.62 bits per heavy atom.